The van der Waals surface area contributed by atoms with E-state index in [-0.39, 0.29) is 38.1 Å². The summed E-state index contributed by atoms with van der Waals surface area (Å²) in [5.41, 5.74) is -2.21. The van der Waals surface area contributed by atoms with Gasteiger partial charge in [-0.25, -0.2) is 4.79 Å². The first kappa shape index (κ1) is 44.4. The smallest absolute Gasteiger partial charge is 0.334 e. The van der Waals surface area contributed by atoms with Gasteiger partial charge in [-0.3, -0.25) is 14.5 Å². The van der Waals surface area contributed by atoms with Crippen molar-refractivity contribution in [2.45, 2.75) is 155 Å². The molecule has 5 atom stereocenters. The Morgan fingerprint density at radius 3 is 1.79 bits per heavy atom. The van der Waals surface area contributed by atoms with E-state index < -0.39 is 73.4 Å². The monoisotopic (exact) mass is 706 g/mol. The molecule has 0 unspecified atom stereocenters. The maximum atomic E-state index is 13.7. The highest BCUT2D eigenvalue weighted by molar-refractivity contribution is 6.74. The standard InChI is InChI=1S/C34H66N2O11Si/c1-31(2,3)44-28(37)23(47-48(15,16)34(10,11)12)17-18-35-26(29(38)45-32(4,5)6)24(42-21-40-13)19-36-20-25(43-22-41-14)27(36)30(39)46-33(7,8)9/h23-27,35H,17-22H2,1-16H3/t23-,24-,25-,26-,27-/m0/s1. The number of methoxy groups -OCH3 is 2. The topological polar surface area (TPSA) is 140 Å². The highest BCUT2D eigenvalue weighted by atomic mass is 28.4. The first-order chi connectivity index (χ1) is 21.7. The molecule has 1 rings (SSSR count). The van der Waals surface area contributed by atoms with Crippen LogP contribution in [0.2, 0.25) is 18.1 Å². The predicted octanol–water partition coefficient (Wildman–Crippen LogP) is 4.41. The number of carbonyl (C=O) groups excluding carboxylic acids is 3. The van der Waals surface area contributed by atoms with Crippen LogP contribution in [-0.4, -0.2) is 126 Å². The lowest BCUT2D eigenvalue weighted by Gasteiger charge is -2.48. The van der Waals surface area contributed by atoms with Crippen LogP contribution < -0.4 is 5.32 Å². The van der Waals surface area contributed by atoms with Gasteiger partial charge in [0.2, 0.25) is 0 Å². The number of hydrogen-bond acceptors (Lipinski definition) is 13. The SMILES string of the molecule is COCO[C@@H](CN1C[C@H](OCOC)[C@H]1C(=O)OC(C)(C)C)[C@H](NCC[C@H](O[Si](C)(C)C(C)(C)C)C(=O)OC(C)(C)C)C(=O)OC(C)(C)C. The molecule has 0 radical (unpaired) electrons. The van der Waals surface area contributed by atoms with Gasteiger partial charge < -0.3 is 42.9 Å². The fraction of sp³-hybridized carbons (Fsp3) is 0.912. The number of nitrogens with one attached hydrogen (secondary N) is 1. The van der Waals surface area contributed by atoms with Gasteiger partial charge in [-0.05, 0) is 93.4 Å². The Hall–Kier alpha value is -1.65. The van der Waals surface area contributed by atoms with Crippen LogP contribution in [0.5, 0.6) is 0 Å². The molecule has 1 saturated heterocycles. The molecule has 1 aliphatic heterocycles. The lowest BCUT2D eigenvalue weighted by molar-refractivity contribution is -0.201. The lowest BCUT2D eigenvalue weighted by Crippen LogP contribution is -2.68. The summed E-state index contributed by atoms with van der Waals surface area (Å²) in [5.74, 6) is -1.47. The third-order valence-electron chi connectivity index (χ3n) is 7.74. The van der Waals surface area contributed by atoms with Crippen molar-refractivity contribution >= 4 is 26.2 Å². The molecule has 0 spiro atoms. The van der Waals surface area contributed by atoms with E-state index in [0.717, 1.165) is 0 Å². The van der Waals surface area contributed by atoms with Gasteiger partial charge in [-0.2, -0.15) is 0 Å². The number of carbonyl (C=O) groups is 3. The number of nitrogens with zero attached hydrogens (tertiary/aromatic N) is 1. The number of ether oxygens (including phenoxy) is 7. The van der Waals surface area contributed by atoms with E-state index in [0.29, 0.717) is 6.54 Å². The van der Waals surface area contributed by atoms with Crippen LogP contribution in [0, 0.1) is 0 Å². The molecule has 1 aliphatic rings. The second kappa shape index (κ2) is 18.0. The van der Waals surface area contributed by atoms with Crippen molar-refractivity contribution in [3.8, 4) is 0 Å². The van der Waals surface area contributed by atoms with Gasteiger partial charge in [0.25, 0.3) is 0 Å². The Morgan fingerprint density at radius 1 is 0.792 bits per heavy atom. The first-order valence-corrected chi connectivity index (χ1v) is 19.7. The molecular weight excluding hydrogens is 640 g/mol. The molecule has 48 heavy (non-hydrogen) atoms. The van der Waals surface area contributed by atoms with Crippen molar-refractivity contribution in [2.24, 2.45) is 0 Å². The summed E-state index contributed by atoms with van der Waals surface area (Å²) in [4.78, 5) is 42.3. The maximum absolute atomic E-state index is 13.7. The van der Waals surface area contributed by atoms with E-state index in [1.165, 1.54) is 14.2 Å². The Balaban J connectivity index is 3.37. The van der Waals surface area contributed by atoms with Gasteiger partial charge in [0.05, 0.1) is 12.2 Å². The van der Waals surface area contributed by atoms with Crippen LogP contribution >= 0.6 is 0 Å². The second-order valence-corrected chi connectivity index (χ2v) is 21.6. The average molecular weight is 707 g/mol. The number of likely N-dealkylation sites (tertiary alicyclic amines) is 1. The van der Waals surface area contributed by atoms with Gasteiger partial charge >= 0.3 is 17.9 Å². The first-order valence-electron chi connectivity index (χ1n) is 16.8. The van der Waals surface area contributed by atoms with Crippen molar-refractivity contribution in [3.05, 3.63) is 0 Å². The molecule has 14 heteroatoms. The highest BCUT2D eigenvalue weighted by Gasteiger charge is 2.49. The zero-order valence-electron chi connectivity index (χ0n) is 32.6. The van der Waals surface area contributed by atoms with E-state index in [2.05, 4.69) is 39.2 Å². The van der Waals surface area contributed by atoms with Crippen molar-refractivity contribution in [2.75, 3.05) is 47.4 Å². The van der Waals surface area contributed by atoms with E-state index in [1.54, 1.807) is 41.5 Å². The molecule has 13 nitrogen and oxygen atoms in total. The minimum Gasteiger partial charge on any atom is -0.459 e. The number of esters is 3. The third kappa shape index (κ3) is 15.5. The van der Waals surface area contributed by atoms with Gasteiger partial charge in [0, 0.05) is 27.3 Å². The molecule has 0 amide bonds. The fourth-order valence-electron chi connectivity index (χ4n) is 4.56. The third-order valence-corrected chi connectivity index (χ3v) is 12.2. The second-order valence-electron chi connectivity index (χ2n) is 16.8. The quantitative estimate of drug-likeness (QED) is 0.0932. The van der Waals surface area contributed by atoms with Crippen molar-refractivity contribution < 1.29 is 52.0 Å². The van der Waals surface area contributed by atoms with Crippen LogP contribution in [0.3, 0.4) is 0 Å². The van der Waals surface area contributed by atoms with E-state index in [4.69, 9.17) is 37.6 Å². The molecule has 0 aromatic rings. The number of rotatable bonds is 18. The summed E-state index contributed by atoms with van der Waals surface area (Å²) in [6.07, 6.45) is -1.93. The van der Waals surface area contributed by atoms with Gasteiger partial charge in [-0.15, -0.1) is 0 Å². The molecule has 0 bridgehead atoms. The molecule has 0 aliphatic carbocycles. The molecule has 282 valence electrons. The van der Waals surface area contributed by atoms with E-state index >= 15 is 0 Å². The molecule has 0 aromatic heterocycles. The predicted molar refractivity (Wildman–Crippen MR) is 185 cm³/mol. The Morgan fingerprint density at radius 2 is 1.31 bits per heavy atom. The van der Waals surface area contributed by atoms with Crippen LogP contribution in [-0.2, 0) is 52.0 Å². The Labute approximate surface area is 290 Å². The summed E-state index contributed by atoms with van der Waals surface area (Å²) >= 11 is 0. The molecule has 1 N–H and O–H groups in total. The Bertz CT molecular complexity index is 1030. The van der Waals surface area contributed by atoms with Crippen molar-refractivity contribution in [1.82, 2.24) is 10.2 Å². The highest BCUT2D eigenvalue weighted by Crippen LogP contribution is 2.38. The summed E-state index contributed by atoms with van der Waals surface area (Å²) in [7, 11) is 0.614. The van der Waals surface area contributed by atoms with Crippen LogP contribution in [0.15, 0.2) is 0 Å². The lowest BCUT2D eigenvalue weighted by atomic mass is 9.96. The largest absolute Gasteiger partial charge is 0.459 e. The van der Waals surface area contributed by atoms with Crippen LogP contribution in [0.25, 0.3) is 0 Å². The van der Waals surface area contributed by atoms with Crippen LogP contribution in [0.1, 0.15) is 89.5 Å². The number of hydrogen-bond donors (Lipinski definition) is 1. The maximum Gasteiger partial charge on any atom is 0.334 e. The van der Waals surface area contributed by atoms with E-state index in [9.17, 15) is 14.4 Å². The molecule has 0 aromatic carbocycles. The molecule has 0 saturated carbocycles. The Kier molecular flexibility index (Phi) is 16.7. The minimum absolute atomic E-state index is 0.0132. The van der Waals surface area contributed by atoms with Crippen molar-refractivity contribution in [1.29, 1.82) is 0 Å². The summed E-state index contributed by atoms with van der Waals surface area (Å²) < 4.78 is 45.9. The summed E-state index contributed by atoms with van der Waals surface area (Å²) in [6.45, 7) is 27.3. The van der Waals surface area contributed by atoms with Gasteiger partial charge in [0.1, 0.15) is 48.6 Å². The molecular formula is C34H66N2O11Si. The summed E-state index contributed by atoms with van der Waals surface area (Å²) in [6, 6.07) is -1.74. The minimum atomic E-state index is -2.38. The molecule has 1 heterocycles. The normalized spacial score (nSPS) is 20.0. The fourth-order valence-corrected chi connectivity index (χ4v) is 5.84. The van der Waals surface area contributed by atoms with Gasteiger partial charge in [0.15, 0.2) is 8.32 Å². The van der Waals surface area contributed by atoms with Gasteiger partial charge in [-0.1, -0.05) is 20.8 Å². The summed E-state index contributed by atoms with van der Waals surface area (Å²) in [5, 5.41) is 3.14. The zero-order valence-corrected chi connectivity index (χ0v) is 33.6. The average Bonchev–Trinajstić information content (AvgIpc) is 2.85. The molecule has 1 fully saturated rings. The van der Waals surface area contributed by atoms with Crippen LogP contribution in [0.4, 0.5) is 0 Å². The zero-order chi connectivity index (χ0) is 37.3. The van der Waals surface area contributed by atoms with E-state index in [1.807, 2.05) is 25.7 Å². The van der Waals surface area contributed by atoms with Crippen molar-refractivity contribution in [3.63, 3.8) is 0 Å².